The number of aryl methyl sites for hydroxylation is 1. The van der Waals surface area contributed by atoms with Crippen molar-refractivity contribution < 1.29 is 4.74 Å². The minimum Gasteiger partial charge on any atom is -0.378 e. The van der Waals surface area contributed by atoms with E-state index in [1.54, 1.807) is 0 Å². The molecule has 17 heavy (non-hydrogen) atoms. The summed E-state index contributed by atoms with van der Waals surface area (Å²) in [6, 6.07) is 0. The number of aromatic nitrogens is 2. The Kier molecular flexibility index (Phi) is 3.84. The average Bonchev–Trinajstić information content (AvgIpc) is 2.89. The van der Waals surface area contributed by atoms with Gasteiger partial charge in [0.05, 0.1) is 12.3 Å². The Labute approximate surface area is 103 Å². The monoisotopic (exact) mass is 237 g/mol. The molecule has 2 atom stereocenters. The first-order valence-corrected chi connectivity index (χ1v) is 6.48. The molecule has 4 nitrogen and oxygen atoms in total. The minimum atomic E-state index is 0.232. The number of hydrogen-bond donors (Lipinski definition) is 1. The van der Waals surface area contributed by atoms with Crippen molar-refractivity contribution in [2.75, 3.05) is 20.2 Å². The van der Waals surface area contributed by atoms with E-state index in [-0.39, 0.29) is 5.41 Å². The topological polar surface area (TPSA) is 39.1 Å². The molecule has 2 unspecified atom stereocenters. The predicted molar refractivity (Wildman–Crippen MR) is 68.0 cm³/mol. The van der Waals surface area contributed by atoms with Gasteiger partial charge in [-0.2, -0.15) is 5.10 Å². The molecule has 0 spiro atoms. The van der Waals surface area contributed by atoms with Gasteiger partial charge >= 0.3 is 0 Å². The predicted octanol–water partition coefficient (Wildman–Crippen LogP) is 1.46. The van der Waals surface area contributed by atoms with Crippen molar-refractivity contribution in [2.24, 2.45) is 5.41 Å². The average molecular weight is 237 g/mol. The lowest BCUT2D eigenvalue weighted by atomic mass is 9.77. The first kappa shape index (κ1) is 12.6. The maximum atomic E-state index is 5.76. The Morgan fingerprint density at radius 1 is 1.65 bits per heavy atom. The zero-order valence-electron chi connectivity index (χ0n) is 11.1. The highest BCUT2D eigenvalue weighted by Gasteiger charge is 2.41. The molecule has 1 aromatic rings. The van der Waals surface area contributed by atoms with Crippen LogP contribution in [0.4, 0.5) is 0 Å². The summed E-state index contributed by atoms with van der Waals surface area (Å²) < 4.78 is 7.75. The molecule has 0 amide bonds. The molecule has 2 heterocycles. The van der Waals surface area contributed by atoms with Gasteiger partial charge in [0, 0.05) is 31.3 Å². The van der Waals surface area contributed by atoms with Gasteiger partial charge in [0.1, 0.15) is 0 Å². The molecule has 4 heteroatoms. The van der Waals surface area contributed by atoms with Crippen LogP contribution in [0, 0.1) is 5.41 Å². The number of nitrogens with one attached hydrogen (secondary N) is 1. The van der Waals surface area contributed by atoms with Crippen molar-refractivity contribution in [1.82, 2.24) is 15.1 Å². The third-order valence-corrected chi connectivity index (χ3v) is 3.93. The molecular weight excluding hydrogens is 214 g/mol. The molecule has 0 aromatic carbocycles. The Morgan fingerprint density at radius 3 is 3.00 bits per heavy atom. The van der Waals surface area contributed by atoms with E-state index in [0.29, 0.717) is 6.10 Å². The lowest BCUT2D eigenvalue weighted by molar-refractivity contribution is 0.0640. The molecule has 1 fully saturated rings. The highest BCUT2D eigenvalue weighted by molar-refractivity contribution is 5.10. The summed E-state index contributed by atoms with van der Waals surface area (Å²) in [5.74, 6) is 0. The number of hydrogen-bond acceptors (Lipinski definition) is 3. The van der Waals surface area contributed by atoms with Gasteiger partial charge in [-0.15, -0.1) is 0 Å². The van der Waals surface area contributed by atoms with Gasteiger partial charge in [-0.1, -0.05) is 0 Å². The van der Waals surface area contributed by atoms with Crippen molar-refractivity contribution in [3.8, 4) is 0 Å². The van der Waals surface area contributed by atoms with Crippen LogP contribution in [0.15, 0.2) is 12.4 Å². The van der Waals surface area contributed by atoms with Crippen molar-refractivity contribution in [1.29, 1.82) is 0 Å². The van der Waals surface area contributed by atoms with Gasteiger partial charge in [0.2, 0.25) is 0 Å². The molecule has 0 saturated carbocycles. The Bertz CT molecular complexity index is 363. The second-order valence-corrected chi connectivity index (χ2v) is 5.04. The smallest absolute Gasteiger partial charge is 0.0619 e. The van der Waals surface area contributed by atoms with E-state index in [2.05, 4.69) is 30.5 Å². The Morgan fingerprint density at radius 2 is 2.47 bits per heavy atom. The fraction of sp³-hybridized carbons (Fsp3) is 0.769. The summed E-state index contributed by atoms with van der Waals surface area (Å²) in [5, 5.41) is 7.66. The molecule has 96 valence electrons. The van der Waals surface area contributed by atoms with Crippen molar-refractivity contribution in [3.63, 3.8) is 0 Å². The third-order valence-electron chi connectivity index (χ3n) is 3.93. The highest BCUT2D eigenvalue weighted by atomic mass is 16.5. The van der Waals surface area contributed by atoms with Gasteiger partial charge in [0.25, 0.3) is 0 Å². The molecule has 0 radical (unpaired) electrons. The van der Waals surface area contributed by atoms with E-state index in [1.807, 2.05) is 17.9 Å². The van der Waals surface area contributed by atoms with Crippen molar-refractivity contribution in [2.45, 2.75) is 39.3 Å². The van der Waals surface area contributed by atoms with Crippen LogP contribution in [0.2, 0.25) is 0 Å². The van der Waals surface area contributed by atoms with E-state index in [9.17, 15) is 0 Å². The molecule has 2 rings (SSSR count). The second-order valence-electron chi connectivity index (χ2n) is 5.04. The van der Waals surface area contributed by atoms with Crippen molar-refractivity contribution >= 4 is 0 Å². The quantitative estimate of drug-likeness (QED) is 0.842. The first-order valence-electron chi connectivity index (χ1n) is 6.48. The second kappa shape index (κ2) is 5.19. The molecule has 0 aliphatic carbocycles. The lowest BCUT2D eigenvalue weighted by Gasteiger charge is -2.31. The fourth-order valence-electron chi connectivity index (χ4n) is 2.77. The SMILES string of the molecule is CCn1cc(CC2(CNC)CCOC2C)cn1. The number of ether oxygens (including phenoxy) is 1. The normalized spacial score (nSPS) is 28.8. The van der Waals surface area contributed by atoms with E-state index < -0.39 is 0 Å². The number of rotatable bonds is 5. The largest absolute Gasteiger partial charge is 0.378 e. The summed E-state index contributed by atoms with van der Waals surface area (Å²) in [6.45, 7) is 7.12. The molecule has 1 aromatic heterocycles. The Balaban J connectivity index is 2.12. The van der Waals surface area contributed by atoms with Crippen molar-refractivity contribution in [3.05, 3.63) is 18.0 Å². The first-order chi connectivity index (χ1) is 8.20. The van der Waals surface area contributed by atoms with E-state index >= 15 is 0 Å². The maximum absolute atomic E-state index is 5.76. The third kappa shape index (κ3) is 2.53. The summed E-state index contributed by atoms with van der Waals surface area (Å²) in [4.78, 5) is 0. The number of nitrogens with zero attached hydrogens (tertiary/aromatic N) is 2. The van der Waals surface area contributed by atoms with Crippen LogP contribution in [-0.4, -0.2) is 36.1 Å². The fourth-order valence-corrected chi connectivity index (χ4v) is 2.77. The minimum absolute atomic E-state index is 0.232. The van der Waals surface area contributed by atoms with Gasteiger partial charge in [-0.25, -0.2) is 0 Å². The Hall–Kier alpha value is -0.870. The molecule has 1 aliphatic heterocycles. The molecule has 1 saturated heterocycles. The highest BCUT2D eigenvalue weighted by Crippen LogP contribution is 2.37. The van der Waals surface area contributed by atoms with Crippen LogP contribution in [-0.2, 0) is 17.7 Å². The summed E-state index contributed by atoms with van der Waals surface area (Å²) >= 11 is 0. The van der Waals surface area contributed by atoms with E-state index in [4.69, 9.17) is 4.74 Å². The van der Waals surface area contributed by atoms with Crippen LogP contribution in [0.3, 0.4) is 0 Å². The van der Waals surface area contributed by atoms with Crippen LogP contribution in [0.25, 0.3) is 0 Å². The van der Waals surface area contributed by atoms with Crippen LogP contribution >= 0.6 is 0 Å². The van der Waals surface area contributed by atoms with Crippen LogP contribution < -0.4 is 5.32 Å². The molecule has 0 bridgehead atoms. The molecule has 1 N–H and O–H groups in total. The zero-order chi connectivity index (χ0) is 12.3. The van der Waals surface area contributed by atoms with Gasteiger partial charge in [-0.05, 0) is 39.3 Å². The lowest BCUT2D eigenvalue weighted by Crippen LogP contribution is -2.40. The molecule has 1 aliphatic rings. The summed E-state index contributed by atoms with van der Waals surface area (Å²) in [7, 11) is 2.02. The van der Waals surface area contributed by atoms with Crippen LogP contribution in [0.5, 0.6) is 0 Å². The van der Waals surface area contributed by atoms with Gasteiger partial charge in [-0.3, -0.25) is 4.68 Å². The van der Waals surface area contributed by atoms with Gasteiger partial charge < -0.3 is 10.1 Å². The zero-order valence-corrected chi connectivity index (χ0v) is 11.1. The summed E-state index contributed by atoms with van der Waals surface area (Å²) in [6.07, 6.45) is 6.65. The van der Waals surface area contributed by atoms with Gasteiger partial charge in [0.15, 0.2) is 0 Å². The van der Waals surface area contributed by atoms with E-state index in [0.717, 1.165) is 32.5 Å². The van der Waals surface area contributed by atoms with Crippen LogP contribution in [0.1, 0.15) is 25.8 Å². The standard InChI is InChI=1S/C13H23N3O/c1-4-16-9-12(8-15-16)7-13(10-14-3)5-6-17-11(13)2/h8-9,11,14H,4-7,10H2,1-3H3. The maximum Gasteiger partial charge on any atom is 0.0619 e. The van der Waals surface area contributed by atoms with E-state index in [1.165, 1.54) is 5.56 Å². The molecular formula is C13H23N3O. The summed E-state index contributed by atoms with van der Waals surface area (Å²) in [5.41, 5.74) is 1.55.